The number of rotatable bonds is 3. The van der Waals surface area contributed by atoms with E-state index in [9.17, 15) is 9.59 Å². The van der Waals surface area contributed by atoms with Crippen LogP contribution in [0.15, 0.2) is 41.8 Å². The number of thiophene rings is 1. The number of carbonyl (C=O) groups excluding carboxylic acids is 2. The minimum atomic E-state index is -0.385. The Morgan fingerprint density at radius 2 is 2.04 bits per heavy atom. The van der Waals surface area contributed by atoms with Crippen molar-refractivity contribution in [1.29, 1.82) is 0 Å². The van der Waals surface area contributed by atoms with Gasteiger partial charge in [-0.2, -0.15) is 0 Å². The molecule has 0 spiro atoms. The number of hydrogen-bond acceptors (Lipinski definition) is 4. The van der Waals surface area contributed by atoms with Gasteiger partial charge in [0.1, 0.15) is 11.8 Å². The second kappa shape index (κ2) is 6.88. The van der Waals surface area contributed by atoms with Gasteiger partial charge in [-0.25, -0.2) is 0 Å². The molecule has 2 atom stereocenters. The van der Waals surface area contributed by atoms with E-state index >= 15 is 0 Å². The van der Waals surface area contributed by atoms with Crippen LogP contribution < -0.4 is 10.1 Å². The Labute approximate surface area is 150 Å². The quantitative estimate of drug-likeness (QED) is 0.920. The first-order chi connectivity index (χ1) is 12.2. The first-order valence-corrected chi connectivity index (χ1v) is 9.48. The average molecular weight is 356 g/mol. The average Bonchev–Trinajstić information content (AvgIpc) is 3.33. The van der Waals surface area contributed by atoms with Gasteiger partial charge in [0, 0.05) is 18.5 Å². The summed E-state index contributed by atoms with van der Waals surface area (Å²) in [5.41, 5.74) is 1.01. The Bertz CT molecular complexity index is 775. The number of para-hydroxylation sites is 1. The maximum Gasteiger partial charge on any atom is 0.264 e. The number of likely N-dealkylation sites (tertiary alicyclic amines) is 1. The fourth-order valence-corrected chi connectivity index (χ4v) is 4.26. The summed E-state index contributed by atoms with van der Waals surface area (Å²) >= 11 is 1.42. The van der Waals surface area contributed by atoms with Crippen molar-refractivity contribution in [1.82, 2.24) is 10.2 Å². The molecule has 0 bridgehead atoms. The molecular formula is C19H20N2O3S. The number of amides is 2. The smallest absolute Gasteiger partial charge is 0.264 e. The molecule has 130 valence electrons. The predicted octanol–water partition coefficient (Wildman–Crippen LogP) is 2.99. The highest BCUT2D eigenvalue weighted by atomic mass is 32.1. The lowest BCUT2D eigenvalue weighted by molar-refractivity contribution is -0.125. The second-order valence-electron chi connectivity index (χ2n) is 6.37. The maximum absolute atomic E-state index is 12.9. The first-order valence-electron chi connectivity index (χ1n) is 8.60. The third-order valence-corrected chi connectivity index (χ3v) is 5.68. The van der Waals surface area contributed by atoms with Crippen molar-refractivity contribution in [3.8, 4) is 5.75 Å². The van der Waals surface area contributed by atoms with Crippen LogP contribution in [0.2, 0.25) is 0 Å². The van der Waals surface area contributed by atoms with Crippen molar-refractivity contribution in [2.24, 2.45) is 0 Å². The van der Waals surface area contributed by atoms with Gasteiger partial charge in [-0.1, -0.05) is 24.3 Å². The zero-order chi connectivity index (χ0) is 17.2. The number of nitrogens with zero attached hydrogens (tertiary/aromatic N) is 1. The van der Waals surface area contributed by atoms with E-state index in [-0.39, 0.29) is 23.9 Å². The molecule has 1 N–H and O–H groups in total. The lowest BCUT2D eigenvalue weighted by atomic mass is 10.00. The normalized spacial score (nSPS) is 22.2. The Morgan fingerprint density at radius 1 is 1.16 bits per heavy atom. The number of ether oxygens (including phenoxy) is 1. The van der Waals surface area contributed by atoms with E-state index in [4.69, 9.17) is 4.74 Å². The van der Waals surface area contributed by atoms with E-state index in [0.29, 0.717) is 24.4 Å². The van der Waals surface area contributed by atoms with Gasteiger partial charge in [-0.05, 0) is 30.4 Å². The fraction of sp³-hybridized carbons (Fsp3) is 0.368. The highest BCUT2D eigenvalue weighted by Gasteiger charge is 2.36. The summed E-state index contributed by atoms with van der Waals surface area (Å²) in [5, 5.41) is 5.02. The molecule has 2 amide bonds. The molecule has 1 aromatic heterocycles. The van der Waals surface area contributed by atoms with Gasteiger partial charge in [-0.15, -0.1) is 11.3 Å². The number of fused-ring (bicyclic) bond motifs is 1. The molecule has 0 saturated carbocycles. The van der Waals surface area contributed by atoms with Crippen LogP contribution in [0.5, 0.6) is 5.75 Å². The van der Waals surface area contributed by atoms with E-state index in [1.165, 1.54) is 11.3 Å². The van der Waals surface area contributed by atoms with E-state index < -0.39 is 0 Å². The van der Waals surface area contributed by atoms with Gasteiger partial charge in [0.25, 0.3) is 5.91 Å². The monoisotopic (exact) mass is 356 g/mol. The van der Waals surface area contributed by atoms with Gasteiger partial charge in [0.2, 0.25) is 5.91 Å². The van der Waals surface area contributed by atoms with Crippen molar-refractivity contribution >= 4 is 23.2 Å². The Balaban J connectivity index is 1.49. The van der Waals surface area contributed by atoms with Crippen molar-refractivity contribution in [2.45, 2.75) is 31.3 Å². The summed E-state index contributed by atoms with van der Waals surface area (Å²) in [6, 6.07) is 11.0. The minimum absolute atomic E-state index is 0.0416. The van der Waals surface area contributed by atoms with Gasteiger partial charge in [0.05, 0.1) is 17.5 Å². The van der Waals surface area contributed by atoms with Gasteiger partial charge < -0.3 is 15.0 Å². The third kappa shape index (κ3) is 3.14. The van der Waals surface area contributed by atoms with Crippen LogP contribution >= 0.6 is 11.3 Å². The Hall–Kier alpha value is -2.34. The molecule has 2 aliphatic heterocycles. The molecule has 6 heteroatoms. The standard InChI is InChI=1S/C19H20N2O3S/c22-18(20-14-9-11-24-16-7-2-1-5-13(14)16)15-6-3-10-21(15)19(23)17-8-4-12-25-17/h1-2,4-5,7-8,12,14-15H,3,6,9-11H2,(H,20,22)/t14-,15+/m1/s1. The maximum atomic E-state index is 12.9. The number of carbonyl (C=O) groups is 2. The Morgan fingerprint density at radius 3 is 2.88 bits per heavy atom. The summed E-state index contributed by atoms with van der Waals surface area (Å²) in [6.07, 6.45) is 2.32. The summed E-state index contributed by atoms with van der Waals surface area (Å²) in [6.45, 7) is 1.23. The lowest BCUT2D eigenvalue weighted by Gasteiger charge is -2.29. The van der Waals surface area contributed by atoms with Crippen LogP contribution in [-0.4, -0.2) is 35.9 Å². The van der Waals surface area contributed by atoms with E-state index in [1.54, 1.807) is 4.90 Å². The molecule has 0 radical (unpaired) electrons. The molecule has 0 unspecified atom stereocenters. The lowest BCUT2D eigenvalue weighted by Crippen LogP contribution is -2.47. The van der Waals surface area contributed by atoms with Gasteiger partial charge in [-0.3, -0.25) is 9.59 Å². The largest absolute Gasteiger partial charge is 0.493 e. The highest BCUT2D eigenvalue weighted by Crippen LogP contribution is 2.32. The molecule has 1 fully saturated rings. The van der Waals surface area contributed by atoms with Gasteiger partial charge >= 0.3 is 0 Å². The summed E-state index contributed by atoms with van der Waals surface area (Å²) < 4.78 is 5.65. The van der Waals surface area contributed by atoms with Crippen LogP contribution in [0.4, 0.5) is 0 Å². The van der Waals surface area contributed by atoms with Crippen molar-refractivity contribution in [2.75, 3.05) is 13.2 Å². The van der Waals surface area contributed by atoms with E-state index in [1.807, 2.05) is 41.8 Å². The van der Waals surface area contributed by atoms with E-state index in [2.05, 4.69) is 5.32 Å². The molecule has 5 nitrogen and oxygen atoms in total. The first kappa shape index (κ1) is 16.1. The topological polar surface area (TPSA) is 58.6 Å². The molecule has 25 heavy (non-hydrogen) atoms. The molecule has 2 aliphatic rings. The van der Waals surface area contributed by atoms with E-state index in [0.717, 1.165) is 24.2 Å². The molecule has 0 aliphatic carbocycles. The van der Waals surface area contributed by atoms with Crippen LogP contribution in [0.3, 0.4) is 0 Å². The molecule has 1 aromatic carbocycles. The van der Waals surface area contributed by atoms with Gasteiger partial charge in [0.15, 0.2) is 0 Å². The predicted molar refractivity (Wildman–Crippen MR) is 95.8 cm³/mol. The highest BCUT2D eigenvalue weighted by molar-refractivity contribution is 7.12. The van der Waals surface area contributed by atoms with Crippen LogP contribution in [-0.2, 0) is 4.79 Å². The Kier molecular flexibility index (Phi) is 4.44. The summed E-state index contributed by atoms with van der Waals surface area (Å²) in [4.78, 5) is 27.9. The van der Waals surface area contributed by atoms with Crippen molar-refractivity contribution in [3.05, 3.63) is 52.2 Å². The van der Waals surface area contributed by atoms with Crippen molar-refractivity contribution < 1.29 is 14.3 Å². The van der Waals surface area contributed by atoms with Crippen molar-refractivity contribution in [3.63, 3.8) is 0 Å². The van der Waals surface area contributed by atoms with Crippen LogP contribution in [0.25, 0.3) is 0 Å². The molecule has 3 heterocycles. The zero-order valence-electron chi connectivity index (χ0n) is 13.8. The number of benzene rings is 1. The summed E-state index contributed by atoms with van der Waals surface area (Å²) in [7, 11) is 0. The SMILES string of the molecule is O=C(N[C@@H]1CCOc2ccccc21)[C@@H]1CCCN1C(=O)c1cccs1. The van der Waals surface area contributed by atoms with Crippen LogP contribution in [0, 0.1) is 0 Å². The van der Waals surface area contributed by atoms with Crippen LogP contribution in [0.1, 0.15) is 40.5 Å². The third-order valence-electron chi connectivity index (χ3n) is 4.82. The number of nitrogens with one attached hydrogen (secondary N) is 1. The zero-order valence-corrected chi connectivity index (χ0v) is 14.6. The minimum Gasteiger partial charge on any atom is -0.493 e. The second-order valence-corrected chi connectivity index (χ2v) is 7.32. The fourth-order valence-electron chi connectivity index (χ4n) is 3.58. The summed E-state index contributed by atoms with van der Waals surface area (Å²) in [5.74, 6) is 0.723. The molecular weight excluding hydrogens is 336 g/mol. The number of hydrogen-bond donors (Lipinski definition) is 1. The molecule has 2 aromatic rings. The molecule has 4 rings (SSSR count). The molecule has 1 saturated heterocycles.